The van der Waals surface area contributed by atoms with Crippen molar-refractivity contribution < 1.29 is 18.7 Å². The van der Waals surface area contributed by atoms with Crippen molar-refractivity contribution in [1.29, 1.82) is 0 Å². The van der Waals surface area contributed by atoms with E-state index in [0.717, 1.165) is 38.4 Å². The van der Waals surface area contributed by atoms with Gasteiger partial charge in [0, 0.05) is 11.1 Å². The van der Waals surface area contributed by atoms with E-state index in [1.807, 2.05) is 30.3 Å². The molecule has 7 aromatic rings. The van der Waals surface area contributed by atoms with Crippen LogP contribution >= 0.6 is 11.9 Å². The monoisotopic (exact) mass is 583 g/mol. The smallest absolute Gasteiger partial charge is 0.331 e. The van der Waals surface area contributed by atoms with Crippen molar-refractivity contribution in [3.63, 3.8) is 0 Å². The van der Waals surface area contributed by atoms with Gasteiger partial charge >= 0.3 is 6.03 Å². The lowest BCUT2D eigenvalue weighted by atomic mass is 9.96. The number of nitrogens with zero attached hydrogens (tertiary/aromatic N) is 1. The fourth-order valence-corrected chi connectivity index (χ4v) is 5.83. The standard InChI is InChI=1S/C35H22FN3O3S/c36-26-12-14-27(15-13-26)42-34-28(8-4-16-37-34)33(40)38-35(41)39-43-32-9-3-7-23-19-30-25(20-31(23)32)11-10-24-17-21-5-1-2-6-22(21)18-29(24)30/h1-20H,(H2,38,39,40,41). The number of amides is 3. The average Bonchev–Trinajstić information content (AvgIpc) is 3.03. The van der Waals surface area contributed by atoms with Gasteiger partial charge in [-0.1, -0.05) is 48.5 Å². The second-order valence-electron chi connectivity index (χ2n) is 9.94. The predicted molar refractivity (Wildman–Crippen MR) is 169 cm³/mol. The highest BCUT2D eigenvalue weighted by Crippen LogP contribution is 2.35. The van der Waals surface area contributed by atoms with Crippen molar-refractivity contribution in [3.8, 4) is 11.6 Å². The summed E-state index contributed by atoms with van der Waals surface area (Å²) in [6.45, 7) is 0. The molecule has 0 spiro atoms. The summed E-state index contributed by atoms with van der Waals surface area (Å²) in [6, 6.07) is 34.9. The minimum atomic E-state index is -0.692. The Morgan fingerprint density at radius 1 is 0.674 bits per heavy atom. The van der Waals surface area contributed by atoms with Gasteiger partial charge in [-0.25, -0.2) is 14.2 Å². The van der Waals surface area contributed by atoms with Crippen molar-refractivity contribution in [1.82, 2.24) is 15.0 Å². The van der Waals surface area contributed by atoms with Gasteiger partial charge in [-0.15, -0.1) is 0 Å². The van der Waals surface area contributed by atoms with E-state index in [1.54, 1.807) is 6.07 Å². The Morgan fingerprint density at radius 3 is 2.12 bits per heavy atom. The quantitative estimate of drug-likeness (QED) is 0.120. The number of ether oxygens (including phenoxy) is 1. The van der Waals surface area contributed by atoms with E-state index >= 15 is 0 Å². The summed E-state index contributed by atoms with van der Waals surface area (Å²) in [7, 11) is 0. The molecule has 0 fully saturated rings. The highest BCUT2D eigenvalue weighted by Gasteiger charge is 2.17. The maximum atomic E-state index is 13.2. The molecule has 43 heavy (non-hydrogen) atoms. The van der Waals surface area contributed by atoms with E-state index < -0.39 is 17.8 Å². The minimum Gasteiger partial charge on any atom is -0.438 e. The molecule has 1 aromatic heterocycles. The number of aromatic nitrogens is 1. The van der Waals surface area contributed by atoms with Gasteiger partial charge in [0.2, 0.25) is 5.88 Å². The van der Waals surface area contributed by atoms with E-state index in [4.69, 9.17) is 4.74 Å². The molecule has 0 bridgehead atoms. The molecule has 0 aliphatic carbocycles. The summed E-state index contributed by atoms with van der Waals surface area (Å²) in [6.07, 6.45) is 1.46. The molecular weight excluding hydrogens is 561 g/mol. The Balaban J connectivity index is 1.11. The molecule has 6 aromatic carbocycles. The van der Waals surface area contributed by atoms with Crippen molar-refractivity contribution >= 4 is 67.0 Å². The first kappa shape index (κ1) is 26.4. The van der Waals surface area contributed by atoms with Crippen LogP contribution in [0, 0.1) is 5.82 Å². The summed E-state index contributed by atoms with van der Waals surface area (Å²) in [5, 5.41) is 11.4. The molecule has 0 aliphatic heterocycles. The minimum absolute atomic E-state index is 0.00601. The summed E-state index contributed by atoms with van der Waals surface area (Å²) in [4.78, 5) is 30.6. The molecule has 0 aliphatic rings. The summed E-state index contributed by atoms with van der Waals surface area (Å²) in [5.41, 5.74) is 0.0589. The lowest BCUT2D eigenvalue weighted by molar-refractivity contribution is 0.0962. The van der Waals surface area contributed by atoms with Gasteiger partial charge < -0.3 is 4.74 Å². The topological polar surface area (TPSA) is 80.3 Å². The number of halogens is 1. The fraction of sp³-hybridized carbons (Fsp3) is 0. The normalized spacial score (nSPS) is 11.2. The highest BCUT2D eigenvalue weighted by molar-refractivity contribution is 7.98. The third kappa shape index (κ3) is 5.31. The number of hydrogen-bond donors (Lipinski definition) is 2. The maximum Gasteiger partial charge on any atom is 0.331 e. The molecule has 0 saturated heterocycles. The Labute approximate surface area is 249 Å². The molecule has 6 nitrogen and oxygen atoms in total. The fourth-order valence-electron chi connectivity index (χ4n) is 5.14. The van der Waals surface area contributed by atoms with Crippen LogP contribution in [-0.2, 0) is 0 Å². The molecule has 0 radical (unpaired) electrons. The van der Waals surface area contributed by atoms with Gasteiger partial charge in [0.05, 0.1) is 0 Å². The maximum absolute atomic E-state index is 13.2. The molecule has 1 heterocycles. The van der Waals surface area contributed by atoms with Crippen molar-refractivity contribution in [3.05, 3.63) is 133 Å². The number of hydrogen-bond acceptors (Lipinski definition) is 5. The Morgan fingerprint density at radius 2 is 1.33 bits per heavy atom. The zero-order valence-electron chi connectivity index (χ0n) is 22.5. The number of urea groups is 1. The number of rotatable bonds is 5. The summed E-state index contributed by atoms with van der Waals surface area (Å²) in [5.74, 6) is -0.804. The number of fused-ring (bicyclic) bond motifs is 5. The van der Waals surface area contributed by atoms with Crippen molar-refractivity contribution in [2.75, 3.05) is 0 Å². The molecule has 8 heteroatoms. The molecule has 3 amide bonds. The molecule has 0 atom stereocenters. The Bertz CT molecular complexity index is 2200. The zero-order chi connectivity index (χ0) is 29.3. The van der Waals surface area contributed by atoms with E-state index in [0.29, 0.717) is 5.75 Å². The zero-order valence-corrected chi connectivity index (χ0v) is 23.3. The Kier molecular flexibility index (Phi) is 6.81. The molecule has 2 N–H and O–H groups in total. The average molecular weight is 584 g/mol. The van der Waals surface area contributed by atoms with Gasteiger partial charge in [-0.2, -0.15) is 0 Å². The van der Waals surface area contributed by atoms with Crippen LogP contribution in [0.3, 0.4) is 0 Å². The number of pyridine rings is 1. The lowest BCUT2D eigenvalue weighted by Gasteiger charge is -2.12. The Hall–Kier alpha value is -5.47. The lowest BCUT2D eigenvalue weighted by Crippen LogP contribution is -2.36. The summed E-state index contributed by atoms with van der Waals surface area (Å²) >= 11 is 1.12. The second-order valence-corrected chi connectivity index (χ2v) is 10.8. The molecule has 208 valence electrons. The number of carbonyl (C=O) groups is 2. The SMILES string of the molecule is O=C(NSc1cccc2cc3c(ccc4cc5ccccc5cc43)cc12)NC(=O)c1cccnc1Oc1ccc(F)cc1. The van der Waals surface area contributed by atoms with E-state index in [-0.39, 0.29) is 11.4 Å². The second kappa shape index (κ2) is 11.1. The van der Waals surface area contributed by atoms with Gasteiger partial charge in [-0.3, -0.25) is 14.8 Å². The van der Waals surface area contributed by atoms with Crippen LogP contribution in [0.2, 0.25) is 0 Å². The van der Waals surface area contributed by atoms with E-state index in [1.165, 1.54) is 58.1 Å². The number of benzene rings is 6. The van der Waals surface area contributed by atoms with Gasteiger partial charge in [0.1, 0.15) is 17.1 Å². The number of imide groups is 1. The molecule has 7 rings (SSSR count). The molecule has 0 unspecified atom stereocenters. The first-order chi connectivity index (χ1) is 21.0. The third-order valence-electron chi connectivity index (χ3n) is 7.19. The van der Waals surface area contributed by atoms with Gasteiger partial charge in [0.25, 0.3) is 5.91 Å². The number of nitrogens with one attached hydrogen (secondary N) is 2. The van der Waals surface area contributed by atoms with Crippen LogP contribution in [-0.4, -0.2) is 16.9 Å². The van der Waals surface area contributed by atoms with Crippen LogP contribution in [0.4, 0.5) is 9.18 Å². The molecule has 0 saturated carbocycles. The van der Waals surface area contributed by atoms with Gasteiger partial charge in [-0.05, 0) is 122 Å². The van der Waals surface area contributed by atoms with E-state index in [9.17, 15) is 14.0 Å². The van der Waals surface area contributed by atoms with Crippen LogP contribution in [0.5, 0.6) is 11.6 Å². The van der Waals surface area contributed by atoms with Crippen LogP contribution in [0.15, 0.2) is 126 Å². The first-order valence-corrected chi connectivity index (χ1v) is 14.3. The molecular formula is C35H22FN3O3S. The van der Waals surface area contributed by atoms with Crippen LogP contribution in [0.1, 0.15) is 10.4 Å². The number of carbonyl (C=O) groups excluding carboxylic acids is 2. The largest absolute Gasteiger partial charge is 0.438 e. The highest BCUT2D eigenvalue weighted by atomic mass is 32.2. The first-order valence-electron chi connectivity index (χ1n) is 13.5. The summed E-state index contributed by atoms with van der Waals surface area (Å²) < 4.78 is 21.6. The predicted octanol–water partition coefficient (Wildman–Crippen LogP) is 8.77. The van der Waals surface area contributed by atoms with Crippen LogP contribution in [0.25, 0.3) is 43.1 Å². The van der Waals surface area contributed by atoms with Crippen molar-refractivity contribution in [2.45, 2.75) is 4.90 Å². The van der Waals surface area contributed by atoms with Gasteiger partial charge in [0.15, 0.2) is 0 Å². The van der Waals surface area contributed by atoms with E-state index in [2.05, 4.69) is 63.6 Å². The van der Waals surface area contributed by atoms with Crippen LogP contribution < -0.4 is 14.8 Å². The third-order valence-corrected chi connectivity index (χ3v) is 8.05. The van der Waals surface area contributed by atoms with Crippen molar-refractivity contribution in [2.24, 2.45) is 0 Å².